The Balaban J connectivity index is 1.51. The second kappa shape index (κ2) is 8.57. The first-order valence-electron chi connectivity index (χ1n) is 9.36. The zero-order chi connectivity index (χ0) is 20.4. The van der Waals surface area contributed by atoms with Gasteiger partial charge in [-0.25, -0.2) is 9.78 Å². The van der Waals surface area contributed by atoms with Crippen LogP contribution in [0.5, 0.6) is 0 Å². The molecule has 0 saturated carbocycles. The fourth-order valence-electron chi connectivity index (χ4n) is 3.70. The Bertz CT molecular complexity index is 1020. The number of benzene rings is 1. The summed E-state index contributed by atoms with van der Waals surface area (Å²) in [5.74, 6) is 1.11. The molecule has 0 unspecified atom stereocenters. The first kappa shape index (κ1) is 19.9. The molecule has 2 amide bonds. The molecule has 1 atom stereocenters. The number of anilines is 1. The van der Waals surface area contributed by atoms with Gasteiger partial charge < -0.3 is 19.5 Å². The van der Waals surface area contributed by atoms with Crippen LogP contribution in [0.15, 0.2) is 36.7 Å². The van der Waals surface area contributed by atoms with E-state index in [0.717, 1.165) is 23.3 Å². The molecule has 152 valence electrons. The minimum absolute atomic E-state index is 0.146. The van der Waals surface area contributed by atoms with Crippen molar-refractivity contribution in [3.63, 3.8) is 0 Å². The summed E-state index contributed by atoms with van der Waals surface area (Å²) in [5, 5.41) is 3.83. The number of aromatic nitrogens is 3. The van der Waals surface area contributed by atoms with Gasteiger partial charge in [0.25, 0.3) is 0 Å². The largest absolute Gasteiger partial charge is 0.383 e. The second-order valence-corrected chi connectivity index (χ2v) is 7.87. The number of ether oxygens (including phenoxy) is 1. The van der Waals surface area contributed by atoms with Gasteiger partial charge in [0.2, 0.25) is 0 Å². The van der Waals surface area contributed by atoms with E-state index in [2.05, 4.69) is 14.9 Å². The molecule has 1 N–H and O–H groups in total. The van der Waals surface area contributed by atoms with Crippen molar-refractivity contribution in [3.05, 3.63) is 52.5 Å². The van der Waals surface area contributed by atoms with Crippen LogP contribution in [0.3, 0.4) is 0 Å². The molecular weight excluding hydrogens is 413 g/mol. The highest BCUT2D eigenvalue weighted by Gasteiger charge is 2.31. The van der Waals surface area contributed by atoms with Gasteiger partial charge >= 0.3 is 6.03 Å². The highest BCUT2D eigenvalue weighted by atomic mass is 35.5. The average Bonchev–Trinajstić information content (AvgIpc) is 3.30. The zero-order valence-electron chi connectivity index (χ0n) is 15.9. The van der Waals surface area contributed by atoms with Gasteiger partial charge in [0.05, 0.1) is 23.8 Å². The molecule has 2 aromatic heterocycles. The Kier molecular flexibility index (Phi) is 5.89. The van der Waals surface area contributed by atoms with E-state index in [-0.39, 0.29) is 11.9 Å². The number of carbonyl (C=O) groups is 1. The van der Waals surface area contributed by atoms with Crippen molar-refractivity contribution in [3.8, 4) is 0 Å². The summed E-state index contributed by atoms with van der Waals surface area (Å²) in [4.78, 5) is 23.6. The van der Waals surface area contributed by atoms with E-state index < -0.39 is 0 Å². The number of halogens is 2. The van der Waals surface area contributed by atoms with Crippen LogP contribution in [0, 0.1) is 0 Å². The number of nitrogens with one attached hydrogen (secondary N) is 1. The number of methoxy groups -OCH3 is 1. The van der Waals surface area contributed by atoms with Crippen LogP contribution in [-0.4, -0.2) is 52.3 Å². The third-order valence-electron chi connectivity index (χ3n) is 5.05. The Labute approximate surface area is 178 Å². The summed E-state index contributed by atoms with van der Waals surface area (Å²) in [6.07, 6.45) is 4.40. The van der Waals surface area contributed by atoms with Crippen molar-refractivity contribution in [1.29, 1.82) is 0 Å². The molecule has 1 aliphatic rings. The van der Waals surface area contributed by atoms with Crippen molar-refractivity contribution < 1.29 is 9.53 Å². The number of urea groups is 1. The maximum Gasteiger partial charge on any atom is 0.321 e. The van der Waals surface area contributed by atoms with Gasteiger partial charge in [-0.2, -0.15) is 0 Å². The summed E-state index contributed by atoms with van der Waals surface area (Å²) >= 11 is 12.0. The molecule has 3 heterocycles. The van der Waals surface area contributed by atoms with E-state index >= 15 is 0 Å². The lowest BCUT2D eigenvalue weighted by Gasteiger charge is -2.18. The average molecular weight is 434 g/mol. The molecule has 1 aromatic carbocycles. The van der Waals surface area contributed by atoms with E-state index in [1.807, 2.05) is 12.3 Å². The normalized spacial score (nSPS) is 16.5. The predicted octanol–water partition coefficient (Wildman–Crippen LogP) is 4.41. The van der Waals surface area contributed by atoms with E-state index in [1.54, 1.807) is 36.4 Å². The number of carbonyl (C=O) groups excluding carboxylic acids is 1. The number of amides is 2. The fraction of sp³-hybridized carbons (Fsp3) is 0.350. The lowest BCUT2D eigenvalue weighted by atomic mass is 10.1. The van der Waals surface area contributed by atoms with Crippen LogP contribution in [0.4, 0.5) is 10.5 Å². The van der Waals surface area contributed by atoms with Gasteiger partial charge in [-0.1, -0.05) is 23.2 Å². The zero-order valence-corrected chi connectivity index (χ0v) is 17.5. The lowest BCUT2D eigenvalue weighted by Crippen LogP contribution is -2.33. The first-order chi connectivity index (χ1) is 14.0. The number of nitrogens with zero attached hydrogens (tertiary/aromatic N) is 4. The van der Waals surface area contributed by atoms with Crippen LogP contribution in [-0.2, 0) is 11.3 Å². The summed E-state index contributed by atoms with van der Waals surface area (Å²) in [5.41, 5.74) is 2.47. The van der Waals surface area contributed by atoms with Crippen LogP contribution in [0.2, 0.25) is 10.0 Å². The lowest BCUT2D eigenvalue weighted by molar-refractivity contribution is 0.187. The third-order valence-corrected chi connectivity index (χ3v) is 5.49. The van der Waals surface area contributed by atoms with Crippen LogP contribution in [0.25, 0.3) is 11.0 Å². The van der Waals surface area contributed by atoms with Gasteiger partial charge in [-0.15, -0.1) is 0 Å². The van der Waals surface area contributed by atoms with Gasteiger partial charge in [0.15, 0.2) is 0 Å². The molecule has 1 aliphatic heterocycles. The van der Waals surface area contributed by atoms with Crippen LogP contribution in [0.1, 0.15) is 18.2 Å². The summed E-state index contributed by atoms with van der Waals surface area (Å²) < 4.78 is 7.41. The van der Waals surface area contributed by atoms with Crippen molar-refractivity contribution in [2.75, 3.05) is 32.1 Å². The molecule has 29 heavy (non-hydrogen) atoms. The maximum atomic E-state index is 12.7. The van der Waals surface area contributed by atoms with Gasteiger partial charge in [0.1, 0.15) is 5.82 Å². The number of pyridine rings is 1. The molecule has 4 rings (SSSR count). The fourth-order valence-corrected chi connectivity index (χ4v) is 4.23. The number of hydrogen-bond donors (Lipinski definition) is 1. The number of hydrogen-bond acceptors (Lipinski definition) is 4. The van der Waals surface area contributed by atoms with E-state index in [0.29, 0.717) is 42.0 Å². The third kappa shape index (κ3) is 4.32. The first-order valence-corrected chi connectivity index (χ1v) is 10.1. The predicted molar refractivity (Wildman–Crippen MR) is 114 cm³/mol. The van der Waals surface area contributed by atoms with Crippen molar-refractivity contribution in [1.82, 2.24) is 19.4 Å². The molecule has 1 fully saturated rings. The second-order valence-electron chi connectivity index (χ2n) is 7.00. The molecule has 0 bridgehead atoms. The molecule has 3 aromatic rings. The smallest absolute Gasteiger partial charge is 0.321 e. The Morgan fingerprint density at radius 3 is 2.86 bits per heavy atom. The molecule has 0 radical (unpaired) electrons. The standard InChI is InChI=1S/C20H21Cl2N5O2/c1-29-7-6-27-18-11-23-4-2-17(18)25-19(27)13-3-5-26(12-13)20(28)24-16-9-14(21)8-15(22)10-16/h2,4,8-11,13H,3,5-7,12H2,1H3,(H,24,28)/t13-/m1/s1. The SMILES string of the molecule is COCCn1c([C@@H]2CCN(C(=O)Nc3cc(Cl)cc(Cl)c3)C2)nc2ccncc21. The Hall–Kier alpha value is -2.35. The molecule has 0 spiro atoms. The van der Waals surface area contributed by atoms with E-state index in [1.165, 1.54) is 0 Å². The van der Waals surface area contributed by atoms with Crippen molar-refractivity contribution >= 4 is 46.0 Å². The summed E-state index contributed by atoms with van der Waals surface area (Å²) in [6, 6.07) is 6.72. The maximum absolute atomic E-state index is 12.7. The molecule has 7 nitrogen and oxygen atoms in total. The Morgan fingerprint density at radius 1 is 1.31 bits per heavy atom. The van der Waals surface area contributed by atoms with E-state index in [4.69, 9.17) is 32.9 Å². The molecule has 0 aliphatic carbocycles. The quantitative estimate of drug-likeness (QED) is 0.646. The summed E-state index contributed by atoms with van der Waals surface area (Å²) in [7, 11) is 1.68. The van der Waals surface area contributed by atoms with E-state index in [9.17, 15) is 4.79 Å². The van der Waals surface area contributed by atoms with Gasteiger partial charge in [0, 0.05) is 54.6 Å². The topological polar surface area (TPSA) is 72.3 Å². The summed E-state index contributed by atoms with van der Waals surface area (Å²) in [6.45, 7) is 2.51. The van der Waals surface area contributed by atoms with Gasteiger partial charge in [-0.3, -0.25) is 4.98 Å². The minimum Gasteiger partial charge on any atom is -0.383 e. The van der Waals surface area contributed by atoms with Crippen molar-refractivity contribution in [2.24, 2.45) is 0 Å². The highest BCUT2D eigenvalue weighted by Crippen LogP contribution is 2.30. The minimum atomic E-state index is -0.174. The van der Waals surface area contributed by atoms with Crippen LogP contribution >= 0.6 is 23.2 Å². The van der Waals surface area contributed by atoms with Crippen molar-refractivity contribution in [2.45, 2.75) is 18.9 Å². The number of fused-ring (bicyclic) bond motifs is 1. The number of likely N-dealkylation sites (tertiary alicyclic amines) is 1. The number of imidazole rings is 1. The highest BCUT2D eigenvalue weighted by molar-refractivity contribution is 6.35. The van der Waals surface area contributed by atoms with Crippen LogP contribution < -0.4 is 5.32 Å². The molecule has 1 saturated heterocycles. The Morgan fingerprint density at radius 2 is 2.10 bits per heavy atom. The molecular formula is C20H21Cl2N5O2. The molecule has 9 heteroatoms. The number of rotatable bonds is 5. The van der Waals surface area contributed by atoms with Gasteiger partial charge in [-0.05, 0) is 30.7 Å². The monoisotopic (exact) mass is 433 g/mol.